The van der Waals surface area contributed by atoms with Gasteiger partial charge in [-0.1, -0.05) is 97.1 Å². The Balaban J connectivity index is 1.13. The van der Waals surface area contributed by atoms with E-state index in [-0.39, 0.29) is 5.82 Å². The van der Waals surface area contributed by atoms with E-state index in [1.54, 1.807) is 12.1 Å². The van der Waals surface area contributed by atoms with E-state index in [0.717, 1.165) is 60.9 Å². The van der Waals surface area contributed by atoms with Crippen LogP contribution in [-0.2, 0) is 0 Å². The number of halogens is 1. The number of aromatic nitrogens is 4. The first-order valence-electron chi connectivity index (χ1n) is 17.8. The number of hydrogen-bond donors (Lipinski definition) is 0. The lowest BCUT2D eigenvalue weighted by Gasteiger charge is -2.14. The van der Waals surface area contributed by atoms with Gasteiger partial charge < -0.3 is 9.13 Å². The van der Waals surface area contributed by atoms with Crippen molar-refractivity contribution in [3.8, 4) is 34.0 Å². The smallest absolute Gasteiger partial charge is 0.160 e. The molecule has 248 valence electrons. The van der Waals surface area contributed by atoms with Crippen molar-refractivity contribution in [3.05, 3.63) is 182 Å². The number of para-hydroxylation sites is 3. The van der Waals surface area contributed by atoms with Crippen LogP contribution < -0.4 is 0 Å². The molecule has 3 aromatic heterocycles. The molecule has 0 aliphatic rings. The van der Waals surface area contributed by atoms with Gasteiger partial charge in [-0.25, -0.2) is 14.4 Å². The van der Waals surface area contributed by atoms with Crippen LogP contribution in [0.15, 0.2) is 176 Å². The summed E-state index contributed by atoms with van der Waals surface area (Å²) in [6.45, 7) is 0. The van der Waals surface area contributed by atoms with Gasteiger partial charge in [0.15, 0.2) is 5.82 Å². The van der Waals surface area contributed by atoms with Crippen molar-refractivity contribution in [2.24, 2.45) is 0 Å². The lowest BCUT2D eigenvalue weighted by Crippen LogP contribution is -1.98. The van der Waals surface area contributed by atoms with E-state index in [4.69, 9.17) is 9.97 Å². The average Bonchev–Trinajstić information content (AvgIpc) is 3.73. The molecule has 0 unspecified atom stereocenters. The summed E-state index contributed by atoms with van der Waals surface area (Å²) in [5, 5.41) is 7.98. The van der Waals surface area contributed by atoms with Crippen LogP contribution in [-0.4, -0.2) is 19.1 Å². The molecule has 5 heteroatoms. The minimum absolute atomic E-state index is 0.290. The Kier molecular flexibility index (Phi) is 6.40. The van der Waals surface area contributed by atoms with Gasteiger partial charge in [0.1, 0.15) is 5.82 Å². The van der Waals surface area contributed by atoms with E-state index in [1.165, 1.54) is 44.7 Å². The molecular weight excluding hydrogens is 652 g/mol. The summed E-state index contributed by atoms with van der Waals surface area (Å²) >= 11 is 0. The third-order valence-electron chi connectivity index (χ3n) is 10.6. The van der Waals surface area contributed by atoms with Crippen molar-refractivity contribution >= 4 is 65.3 Å². The van der Waals surface area contributed by atoms with Gasteiger partial charge in [-0.3, -0.25) is 0 Å². The Morgan fingerprint density at radius 2 is 0.962 bits per heavy atom. The fourth-order valence-corrected chi connectivity index (χ4v) is 8.18. The molecular formula is C48H29FN4. The van der Waals surface area contributed by atoms with Crippen molar-refractivity contribution < 1.29 is 4.39 Å². The number of hydrogen-bond acceptors (Lipinski definition) is 2. The second kappa shape index (κ2) is 11.5. The van der Waals surface area contributed by atoms with Crippen LogP contribution in [0.25, 0.3) is 99.3 Å². The van der Waals surface area contributed by atoms with Crippen molar-refractivity contribution in [1.29, 1.82) is 0 Å². The molecule has 0 atom stereocenters. The molecule has 0 radical (unpaired) electrons. The van der Waals surface area contributed by atoms with E-state index in [0.29, 0.717) is 5.82 Å². The van der Waals surface area contributed by atoms with Gasteiger partial charge in [0, 0.05) is 54.8 Å². The topological polar surface area (TPSA) is 35.6 Å². The fraction of sp³-hybridized carbons (Fsp3) is 0. The first kappa shape index (κ1) is 29.6. The molecule has 0 aliphatic carbocycles. The minimum atomic E-state index is -0.290. The highest BCUT2D eigenvalue weighted by molar-refractivity contribution is 6.13. The second-order valence-electron chi connectivity index (χ2n) is 13.6. The van der Waals surface area contributed by atoms with Crippen LogP contribution in [0.2, 0.25) is 0 Å². The van der Waals surface area contributed by atoms with Crippen LogP contribution in [0, 0.1) is 5.82 Å². The third-order valence-corrected chi connectivity index (χ3v) is 10.6. The zero-order chi connectivity index (χ0) is 35.0. The predicted octanol–water partition coefficient (Wildman–Crippen LogP) is 12.5. The van der Waals surface area contributed by atoms with Crippen LogP contribution >= 0.6 is 0 Å². The summed E-state index contributed by atoms with van der Waals surface area (Å²) < 4.78 is 18.7. The van der Waals surface area contributed by atoms with Crippen LogP contribution in [0.1, 0.15) is 0 Å². The molecule has 0 N–H and O–H groups in total. The minimum Gasteiger partial charge on any atom is -0.309 e. The quantitative estimate of drug-likeness (QED) is 0.173. The van der Waals surface area contributed by atoms with E-state index in [2.05, 4.69) is 149 Å². The standard InChI is InChI=1S/C48H29FN4/c49-33-23-20-31(21-24-33)48-50-46(40-26-22-30-10-1-2-13-36(30)47(40)51-48)32-11-9-12-34(28-32)52-44-19-8-5-16-39(44)41-29-35(25-27-45(41)52)53-42-17-6-3-14-37(42)38-15-4-7-18-43(38)53/h1-29H. The maximum atomic E-state index is 14.0. The molecule has 53 heavy (non-hydrogen) atoms. The van der Waals surface area contributed by atoms with E-state index < -0.39 is 0 Å². The molecule has 0 amide bonds. The van der Waals surface area contributed by atoms with Crippen molar-refractivity contribution in [2.45, 2.75) is 0 Å². The first-order chi connectivity index (χ1) is 26.2. The van der Waals surface area contributed by atoms with Gasteiger partial charge in [0.05, 0.1) is 33.3 Å². The largest absolute Gasteiger partial charge is 0.309 e. The number of fused-ring (bicyclic) bond motifs is 9. The normalized spacial score (nSPS) is 11.9. The first-order valence-corrected chi connectivity index (χ1v) is 17.8. The summed E-state index contributed by atoms with van der Waals surface area (Å²) in [5.41, 5.74) is 10.2. The van der Waals surface area contributed by atoms with E-state index >= 15 is 0 Å². The van der Waals surface area contributed by atoms with Gasteiger partial charge in [-0.2, -0.15) is 0 Å². The second-order valence-corrected chi connectivity index (χ2v) is 13.6. The lowest BCUT2D eigenvalue weighted by molar-refractivity contribution is 0.628. The van der Waals surface area contributed by atoms with E-state index in [1.807, 2.05) is 12.1 Å². The summed E-state index contributed by atoms with van der Waals surface area (Å²) in [7, 11) is 0. The number of benzene rings is 8. The molecule has 4 nitrogen and oxygen atoms in total. The molecule has 11 rings (SSSR count). The molecule has 0 bridgehead atoms. The Bertz CT molecular complexity index is 3190. The van der Waals surface area contributed by atoms with Crippen LogP contribution in [0.5, 0.6) is 0 Å². The summed E-state index contributed by atoms with van der Waals surface area (Å²) in [5.74, 6) is 0.269. The van der Waals surface area contributed by atoms with Gasteiger partial charge in [0.2, 0.25) is 0 Å². The number of nitrogens with zero attached hydrogens (tertiary/aromatic N) is 4. The van der Waals surface area contributed by atoms with Gasteiger partial charge in [-0.05, 0) is 84.2 Å². The average molecular weight is 681 g/mol. The highest BCUT2D eigenvalue weighted by Gasteiger charge is 2.18. The van der Waals surface area contributed by atoms with Crippen LogP contribution in [0.4, 0.5) is 4.39 Å². The molecule has 8 aromatic carbocycles. The molecule has 0 aliphatic heterocycles. The third kappa shape index (κ3) is 4.54. The SMILES string of the molecule is Fc1ccc(-c2nc(-c3cccc(-n4c5ccccc5c5cc(-n6c7ccccc7c7ccccc76)ccc54)c3)c3ccc4ccccc4c3n2)cc1. The summed E-state index contributed by atoms with van der Waals surface area (Å²) in [4.78, 5) is 10.2. The van der Waals surface area contributed by atoms with Gasteiger partial charge in [0.25, 0.3) is 0 Å². The van der Waals surface area contributed by atoms with E-state index in [9.17, 15) is 4.39 Å². The summed E-state index contributed by atoms with van der Waals surface area (Å²) in [6, 6.07) is 60.2. The van der Waals surface area contributed by atoms with Crippen molar-refractivity contribution in [3.63, 3.8) is 0 Å². The molecule has 0 spiro atoms. The lowest BCUT2D eigenvalue weighted by atomic mass is 10.0. The maximum absolute atomic E-state index is 14.0. The zero-order valence-corrected chi connectivity index (χ0v) is 28.4. The zero-order valence-electron chi connectivity index (χ0n) is 28.4. The number of rotatable bonds is 4. The maximum Gasteiger partial charge on any atom is 0.160 e. The highest BCUT2D eigenvalue weighted by atomic mass is 19.1. The molecule has 0 saturated carbocycles. The van der Waals surface area contributed by atoms with Crippen molar-refractivity contribution in [1.82, 2.24) is 19.1 Å². The monoisotopic (exact) mass is 680 g/mol. The molecule has 0 fully saturated rings. The van der Waals surface area contributed by atoms with Gasteiger partial charge >= 0.3 is 0 Å². The summed E-state index contributed by atoms with van der Waals surface area (Å²) in [6.07, 6.45) is 0. The molecule has 11 aromatic rings. The molecule has 0 saturated heterocycles. The Morgan fingerprint density at radius 3 is 1.66 bits per heavy atom. The predicted molar refractivity (Wildman–Crippen MR) is 217 cm³/mol. The molecule has 3 heterocycles. The van der Waals surface area contributed by atoms with Gasteiger partial charge in [-0.15, -0.1) is 0 Å². The Hall–Kier alpha value is -7.11. The Labute approximate surface area is 303 Å². The highest BCUT2D eigenvalue weighted by Crippen LogP contribution is 2.39. The van der Waals surface area contributed by atoms with Crippen LogP contribution in [0.3, 0.4) is 0 Å². The fourth-order valence-electron chi connectivity index (χ4n) is 8.18. The Morgan fingerprint density at radius 1 is 0.377 bits per heavy atom. The van der Waals surface area contributed by atoms with Crippen molar-refractivity contribution in [2.75, 3.05) is 0 Å².